The zero-order chi connectivity index (χ0) is 14.8. The first-order valence-corrected chi connectivity index (χ1v) is 6.03. The van der Waals surface area contributed by atoms with Gasteiger partial charge in [0.05, 0.1) is 13.2 Å². The Morgan fingerprint density at radius 1 is 1.20 bits per heavy atom. The molecule has 0 aliphatic carbocycles. The van der Waals surface area contributed by atoms with Gasteiger partial charge in [-0.05, 0) is 12.1 Å². The van der Waals surface area contributed by atoms with Crippen LogP contribution in [0.4, 0.5) is 4.39 Å². The number of carbonyl (C=O) groups excluding carboxylic acids is 2. The number of methoxy groups -OCH3 is 1. The van der Waals surface area contributed by atoms with Gasteiger partial charge in [-0.15, -0.1) is 0 Å². The highest BCUT2D eigenvalue weighted by Crippen LogP contribution is 2.14. The Balaban J connectivity index is 2.21. The van der Waals surface area contributed by atoms with Crippen LogP contribution in [0, 0.1) is 5.82 Å². The quantitative estimate of drug-likeness (QED) is 0.663. The van der Waals surface area contributed by atoms with E-state index in [1.54, 1.807) is 6.07 Å². The summed E-state index contributed by atoms with van der Waals surface area (Å²) in [6.07, 6.45) is 0. The van der Waals surface area contributed by atoms with Crippen LogP contribution in [-0.4, -0.2) is 45.2 Å². The van der Waals surface area contributed by atoms with Crippen LogP contribution >= 0.6 is 0 Å². The van der Waals surface area contributed by atoms with Crippen LogP contribution in [-0.2, 0) is 14.3 Å². The molecule has 0 aliphatic rings. The second-order valence-corrected chi connectivity index (χ2v) is 3.84. The molecule has 110 valence electrons. The fraction of sp³-hybridized carbons (Fsp3) is 0.385. The van der Waals surface area contributed by atoms with E-state index >= 15 is 0 Å². The lowest BCUT2D eigenvalue weighted by Crippen LogP contribution is -2.39. The SMILES string of the molecule is COCCNC(=O)CNC(=O)COc1ccccc1F. The van der Waals surface area contributed by atoms with Gasteiger partial charge in [-0.25, -0.2) is 4.39 Å². The van der Waals surface area contributed by atoms with Crippen LogP contribution in [0.3, 0.4) is 0 Å². The van der Waals surface area contributed by atoms with E-state index in [1.807, 2.05) is 0 Å². The van der Waals surface area contributed by atoms with Crippen molar-refractivity contribution in [2.75, 3.05) is 33.4 Å². The summed E-state index contributed by atoms with van der Waals surface area (Å²) in [7, 11) is 1.52. The second-order valence-electron chi connectivity index (χ2n) is 3.84. The molecule has 6 nitrogen and oxygen atoms in total. The van der Waals surface area contributed by atoms with Gasteiger partial charge in [0.2, 0.25) is 5.91 Å². The molecule has 0 unspecified atom stereocenters. The van der Waals surface area contributed by atoms with Gasteiger partial charge in [-0.2, -0.15) is 0 Å². The molecule has 1 aromatic carbocycles. The number of nitrogens with one attached hydrogen (secondary N) is 2. The molecule has 0 aromatic heterocycles. The van der Waals surface area contributed by atoms with E-state index in [0.29, 0.717) is 13.2 Å². The summed E-state index contributed by atoms with van der Waals surface area (Å²) in [6, 6.07) is 5.77. The van der Waals surface area contributed by atoms with Crippen LogP contribution in [0.5, 0.6) is 5.75 Å². The number of hydrogen-bond acceptors (Lipinski definition) is 4. The maximum absolute atomic E-state index is 13.2. The van der Waals surface area contributed by atoms with Crippen molar-refractivity contribution in [1.29, 1.82) is 0 Å². The molecule has 0 saturated carbocycles. The maximum atomic E-state index is 13.2. The highest BCUT2D eigenvalue weighted by molar-refractivity contribution is 5.85. The Labute approximate surface area is 116 Å². The summed E-state index contributed by atoms with van der Waals surface area (Å²) in [5, 5.41) is 4.90. The number of rotatable bonds is 8. The number of halogens is 1. The average molecular weight is 284 g/mol. The average Bonchev–Trinajstić information content (AvgIpc) is 2.44. The van der Waals surface area contributed by atoms with Gasteiger partial charge in [0, 0.05) is 13.7 Å². The lowest BCUT2D eigenvalue weighted by Gasteiger charge is -2.08. The van der Waals surface area contributed by atoms with Crippen LogP contribution in [0.25, 0.3) is 0 Å². The molecule has 0 heterocycles. The Bertz CT molecular complexity index is 454. The highest BCUT2D eigenvalue weighted by Gasteiger charge is 2.07. The van der Waals surface area contributed by atoms with Crippen LogP contribution in [0.1, 0.15) is 0 Å². The molecule has 0 spiro atoms. The number of para-hydroxylation sites is 1. The van der Waals surface area contributed by atoms with Crippen molar-refractivity contribution in [3.63, 3.8) is 0 Å². The molecule has 7 heteroatoms. The first-order chi connectivity index (χ1) is 9.63. The van der Waals surface area contributed by atoms with E-state index in [0.717, 1.165) is 0 Å². The van der Waals surface area contributed by atoms with Crippen molar-refractivity contribution in [3.8, 4) is 5.75 Å². The van der Waals surface area contributed by atoms with Crippen molar-refractivity contribution >= 4 is 11.8 Å². The summed E-state index contributed by atoms with van der Waals surface area (Å²) < 4.78 is 22.9. The first-order valence-electron chi connectivity index (χ1n) is 6.03. The smallest absolute Gasteiger partial charge is 0.258 e. The Kier molecular flexibility index (Phi) is 7.05. The molecule has 2 N–H and O–H groups in total. The Hall–Kier alpha value is -2.15. The summed E-state index contributed by atoms with van der Waals surface area (Å²) >= 11 is 0. The van der Waals surface area contributed by atoms with Gasteiger partial charge in [-0.3, -0.25) is 9.59 Å². The normalized spacial score (nSPS) is 9.90. The van der Waals surface area contributed by atoms with Gasteiger partial charge in [0.1, 0.15) is 0 Å². The molecule has 1 rings (SSSR count). The lowest BCUT2D eigenvalue weighted by atomic mass is 10.3. The van der Waals surface area contributed by atoms with Crippen molar-refractivity contribution < 1.29 is 23.5 Å². The van der Waals surface area contributed by atoms with E-state index in [9.17, 15) is 14.0 Å². The summed E-state index contributed by atoms with van der Waals surface area (Å²) in [5.74, 6) is -1.39. The molecule has 2 amide bonds. The summed E-state index contributed by atoms with van der Waals surface area (Å²) in [5.41, 5.74) is 0. The topological polar surface area (TPSA) is 76.7 Å². The third-order valence-corrected chi connectivity index (χ3v) is 2.27. The van der Waals surface area contributed by atoms with E-state index in [-0.39, 0.29) is 24.8 Å². The molecular weight excluding hydrogens is 267 g/mol. The van der Waals surface area contributed by atoms with E-state index < -0.39 is 11.7 Å². The maximum Gasteiger partial charge on any atom is 0.258 e. The molecule has 0 radical (unpaired) electrons. The van der Waals surface area contributed by atoms with Gasteiger partial charge >= 0.3 is 0 Å². The predicted octanol–water partition coefficient (Wildman–Crippen LogP) is 0.0833. The third-order valence-electron chi connectivity index (χ3n) is 2.27. The van der Waals surface area contributed by atoms with Crippen molar-refractivity contribution in [1.82, 2.24) is 10.6 Å². The zero-order valence-corrected chi connectivity index (χ0v) is 11.1. The lowest BCUT2D eigenvalue weighted by molar-refractivity contribution is -0.127. The van der Waals surface area contributed by atoms with Gasteiger partial charge in [0.15, 0.2) is 18.2 Å². The molecule has 1 aromatic rings. The van der Waals surface area contributed by atoms with E-state index in [4.69, 9.17) is 9.47 Å². The fourth-order valence-corrected chi connectivity index (χ4v) is 1.29. The van der Waals surface area contributed by atoms with Crippen LogP contribution in [0.2, 0.25) is 0 Å². The number of ether oxygens (including phenoxy) is 2. The second kappa shape index (κ2) is 8.87. The summed E-state index contributed by atoms with van der Waals surface area (Å²) in [6.45, 7) is 0.252. The monoisotopic (exact) mass is 284 g/mol. The molecule has 0 aliphatic heterocycles. The van der Waals surface area contributed by atoms with Gasteiger partial charge in [0.25, 0.3) is 5.91 Å². The van der Waals surface area contributed by atoms with E-state index in [2.05, 4.69) is 10.6 Å². The fourth-order valence-electron chi connectivity index (χ4n) is 1.29. The molecule has 0 saturated heterocycles. The largest absolute Gasteiger partial charge is 0.481 e. The third kappa shape index (κ3) is 6.14. The van der Waals surface area contributed by atoms with Crippen molar-refractivity contribution in [3.05, 3.63) is 30.1 Å². The van der Waals surface area contributed by atoms with Crippen LogP contribution in [0.15, 0.2) is 24.3 Å². The first kappa shape index (κ1) is 15.9. The molecule has 0 atom stereocenters. The Morgan fingerprint density at radius 3 is 2.65 bits per heavy atom. The van der Waals surface area contributed by atoms with Crippen molar-refractivity contribution in [2.45, 2.75) is 0 Å². The molecule has 0 fully saturated rings. The number of benzene rings is 1. The minimum absolute atomic E-state index is 0.00723. The Morgan fingerprint density at radius 2 is 1.95 bits per heavy atom. The number of carbonyl (C=O) groups is 2. The summed E-state index contributed by atoms with van der Waals surface area (Å²) in [4.78, 5) is 22.7. The zero-order valence-electron chi connectivity index (χ0n) is 11.1. The minimum atomic E-state index is -0.544. The van der Waals surface area contributed by atoms with E-state index in [1.165, 1.54) is 25.3 Å². The van der Waals surface area contributed by atoms with Crippen LogP contribution < -0.4 is 15.4 Å². The predicted molar refractivity (Wildman–Crippen MR) is 69.8 cm³/mol. The molecule has 20 heavy (non-hydrogen) atoms. The number of hydrogen-bond donors (Lipinski definition) is 2. The number of amides is 2. The standard InChI is InChI=1S/C13H17FN2O4/c1-19-7-6-15-12(17)8-16-13(18)9-20-11-5-3-2-4-10(11)14/h2-5H,6-9H2,1H3,(H,15,17)(H,16,18). The van der Waals surface area contributed by atoms with Gasteiger partial charge < -0.3 is 20.1 Å². The van der Waals surface area contributed by atoms with Gasteiger partial charge in [-0.1, -0.05) is 12.1 Å². The highest BCUT2D eigenvalue weighted by atomic mass is 19.1. The minimum Gasteiger partial charge on any atom is -0.481 e. The van der Waals surface area contributed by atoms with Crippen molar-refractivity contribution in [2.24, 2.45) is 0 Å². The molecular formula is C13H17FN2O4. The molecule has 0 bridgehead atoms.